The van der Waals surface area contributed by atoms with Crippen LogP contribution in [0.15, 0.2) is 71.5 Å². The fourth-order valence-electron chi connectivity index (χ4n) is 4.87. The van der Waals surface area contributed by atoms with E-state index >= 15 is 0 Å². The Morgan fingerprint density at radius 3 is 2.22 bits per heavy atom. The first-order valence-electron chi connectivity index (χ1n) is 14.9. The average molecular weight is 614 g/mol. The summed E-state index contributed by atoms with van der Waals surface area (Å²) in [6.07, 6.45) is 2.15. The molecule has 0 saturated carbocycles. The van der Waals surface area contributed by atoms with Gasteiger partial charge < -0.3 is 29.0 Å². The van der Waals surface area contributed by atoms with Gasteiger partial charge in [0.25, 0.3) is 5.91 Å². The number of piperazine rings is 1. The molecule has 3 heterocycles. The Morgan fingerprint density at radius 1 is 0.822 bits per heavy atom. The molecule has 0 spiro atoms. The van der Waals surface area contributed by atoms with Crippen LogP contribution in [0.5, 0.6) is 0 Å². The van der Waals surface area contributed by atoms with Crippen molar-refractivity contribution < 1.29 is 28.3 Å². The van der Waals surface area contributed by atoms with E-state index < -0.39 is 23.2 Å². The number of ether oxygens (including phenoxy) is 2. The smallest absolute Gasteiger partial charge is 0.412 e. The molecule has 0 unspecified atom stereocenters. The van der Waals surface area contributed by atoms with Crippen LogP contribution in [0.1, 0.15) is 51.9 Å². The number of amides is 3. The predicted molar refractivity (Wildman–Crippen MR) is 174 cm³/mol. The van der Waals surface area contributed by atoms with Crippen molar-refractivity contribution in [1.82, 2.24) is 9.88 Å². The summed E-state index contributed by atoms with van der Waals surface area (Å²) in [5, 5.41) is 6.44. The van der Waals surface area contributed by atoms with Crippen molar-refractivity contribution in [3.8, 4) is 11.3 Å². The van der Waals surface area contributed by atoms with Gasteiger partial charge in [-0.15, -0.1) is 0 Å². The molecular weight excluding hydrogens is 574 g/mol. The van der Waals surface area contributed by atoms with Crippen LogP contribution in [0.25, 0.3) is 22.2 Å². The summed E-state index contributed by atoms with van der Waals surface area (Å²) in [5.41, 5.74) is 2.34. The number of aromatic nitrogens is 1. The van der Waals surface area contributed by atoms with Crippen molar-refractivity contribution in [3.63, 3.8) is 0 Å². The number of pyridine rings is 1. The molecule has 1 saturated heterocycles. The van der Waals surface area contributed by atoms with Gasteiger partial charge in [0.1, 0.15) is 17.0 Å². The predicted octanol–water partition coefficient (Wildman–Crippen LogP) is 7.15. The number of carbonyl (C=O) groups is 3. The summed E-state index contributed by atoms with van der Waals surface area (Å²) >= 11 is 0. The number of carbonyl (C=O) groups excluding carboxylic acids is 3. The topological polar surface area (TPSA) is 126 Å². The van der Waals surface area contributed by atoms with Crippen molar-refractivity contribution in [2.45, 2.75) is 52.7 Å². The Labute approximate surface area is 262 Å². The van der Waals surface area contributed by atoms with Gasteiger partial charge in [-0.25, -0.2) is 9.59 Å². The first-order chi connectivity index (χ1) is 21.2. The van der Waals surface area contributed by atoms with E-state index in [0.717, 1.165) is 22.2 Å². The molecule has 5 rings (SSSR count). The second-order valence-corrected chi connectivity index (χ2v) is 12.9. The number of benzene rings is 2. The number of nitrogens with one attached hydrogen (secondary N) is 2. The van der Waals surface area contributed by atoms with E-state index in [4.69, 9.17) is 13.9 Å². The zero-order chi connectivity index (χ0) is 32.4. The minimum absolute atomic E-state index is 0.298. The molecule has 1 aliphatic rings. The lowest BCUT2D eigenvalue weighted by molar-refractivity contribution is 0.0240. The minimum atomic E-state index is -0.688. The SMILES string of the molecule is CC(C)(C)OC(=O)Nc1ccc(-c2ccco2)cc1NC(=O)c1cnc2cc(N3CCN(C(=O)OC(C)(C)C)CC3)ccc2c1. The van der Waals surface area contributed by atoms with E-state index in [-0.39, 0.29) is 6.09 Å². The van der Waals surface area contributed by atoms with Gasteiger partial charge in [0.05, 0.1) is 28.7 Å². The van der Waals surface area contributed by atoms with Gasteiger partial charge in [0.15, 0.2) is 0 Å². The van der Waals surface area contributed by atoms with Gasteiger partial charge in [0, 0.05) is 49.0 Å². The maximum absolute atomic E-state index is 13.4. The molecular formula is C34H39N5O6. The largest absolute Gasteiger partial charge is 0.464 e. The van der Waals surface area contributed by atoms with E-state index in [9.17, 15) is 14.4 Å². The zero-order valence-electron chi connectivity index (χ0n) is 26.5. The van der Waals surface area contributed by atoms with E-state index in [2.05, 4.69) is 20.5 Å². The van der Waals surface area contributed by atoms with Crippen LogP contribution in [0.4, 0.5) is 26.7 Å². The van der Waals surface area contributed by atoms with Crippen LogP contribution in [0, 0.1) is 0 Å². The number of fused-ring (bicyclic) bond motifs is 1. The standard InChI is InChI=1S/C34H39N5O6/c1-33(2,3)44-31(41)37-26-12-10-23(29-8-7-17-43-29)19-28(26)36-30(40)24-18-22-9-11-25(20-27(22)35-21-24)38-13-15-39(16-14-38)32(42)45-34(4,5)6/h7-12,17-21H,13-16H2,1-6H3,(H,36,40)(H,37,41). The van der Waals surface area contributed by atoms with Crippen LogP contribution < -0.4 is 15.5 Å². The first-order valence-corrected chi connectivity index (χ1v) is 14.9. The molecule has 0 aliphatic carbocycles. The Hall–Kier alpha value is -5.06. The van der Waals surface area contributed by atoms with E-state index in [0.29, 0.717) is 48.9 Å². The Morgan fingerprint density at radius 2 is 1.56 bits per heavy atom. The average Bonchev–Trinajstić information content (AvgIpc) is 3.51. The number of hydrogen-bond acceptors (Lipinski definition) is 8. The molecule has 2 aromatic heterocycles. The number of furan rings is 1. The van der Waals surface area contributed by atoms with Crippen molar-refractivity contribution in [1.29, 1.82) is 0 Å². The third kappa shape index (κ3) is 8.11. The maximum atomic E-state index is 13.4. The zero-order valence-corrected chi connectivity index (χ0v) is 26.5. The molecule has 0 bridgehead atoms. The molecule has 0 atom stereocenters. The van der Waals surface area contributed by atoms with Crippen LogP contribution in [-0.2, 0) is 9.47 Å². The van der Waals surface area contributed by atoms with Crippen LogP contribution >= 0.6 is 0 Å². The monoisotopic (exact) mass is 613 g/mol. The normalized spacial score (nSPS) is 13.8. The number of rotatable bonds is 5. The van der Waals surface area contributed by atoms with Crippen LogP contribution in [0.3, 0.4) is 0 Å². The molecule has 2 N–H and O–H groups in total. The maximum Gasteiger partial charge on any atom is 0.412 e. The van der Waals surface area contributed by atoms with Gasteiger partial charge in [-0.1, -0.05) is 6.07 Å². The van der Waals surface area contributed by atoms with Crippen LogP contribution in [0.2, 0.25) is 0 Å². The van der Waals surface area contributed by atoms with Gasteiger partial charge in [-0.3, -0.25) is 15.1 Å². The second-order valence-electron chi connectivity index (χ2n) is 12.9. The number of hydrogen-bond donors (Lipinski definition) is 2. The van der Waals surface area contributed by atoms with Crippen LogP contribution in [-0.4, -0.2) is 65.4 Å². The van der Waals surface area contributed by atoms with Gasteiger partial charge in [0.2, 0.25) is 0 Å². The van der Waals surface area contributed by atoms with E-state index in [1.807, 2.05) is 45.0 Å². The highest BCUT2D eigenvalue weighted by Gasteiger charge is 2.26. The lowest BCUT2D eigenvalue weighted by atomic mass is 10.1. The Balaban J connectivity index is 1.30. The summed E-state index contributed by atoms with van der Waals surface area (Å²) in [6, 6.07) is 16.5. The lowest BCUT2D eigenvalue weighted by Crippen LogP contribution is -2.50. The molecule has 236 valence electrons. The molecule has 3 amide bonds. The van der Waals surface area contributed by atoms with Crippen molar-refractivity contribution in [2.75, 3.05) is 41.7 Å². The summed E-state index contributed by atoms with van der Waals surface area (Å²) in [7, 11) is 0. The minimum Gasteiger partial charge on any atom is -0.464 e. The fourth-order valence-corrected chi connectivity index (χ4v) is 4.87. The summed E-state index contributed by atoms with van der Waals surface area (Å²) in [6.45, 7) is 13.4. The highest BCUT2D eigenvalue weighted by Crippen LogP contribution is 2.31. The van der Waals surface area contributed by atoms with E-state index in [1.54, 1.807) is 62.3 Å². The van der Waals surface area contributed by atoms with Crippen molar-refractivity contribution in [3.05, 3.63) is 72.6 Å². The third-order valence-electron chi connectivity index (χ3n) is 6.94. The van der Waals surface area contributed by atoms with Gasteiger partial charge >= 0.3 is 12.2 Å². The summed E-state index contributed by atoms with van der Waals surface area (Å²) < 4.78 is 16.4. The molecule has 11 nitrogen and oxygen atoms in total. The summed E-state index contributed by atoms with van der Waals surface area (Å²) in [4.78, 5) is 46.9. The number of anilines is 3. The number of nitrogens with zero attached hydrogens (tertiary/aromatic N) is 3. The second kappa shape index (κ2) is 12.5. The van der Waals surface area contributed by atoms with Gasteiger partial charge in [-0.2, -0.15) is 0 Å². The quantitative estimate of drug-likeness (QED) is 0.243. The molecule has 1 aliphatic heterocycles. The van der Waals surface area contributed by atoms with Crippen molar-refractivity contribution >= 4 is 46.1 Å². The molecule has 4 aromatic rings. The van der Waals surface area contributed by atoms with Crippen molar-refractivity contribution in [2.24, 2.45) is 0 Å². The Bertz CT molecular complexity index is 1700. The molecule has 1 fully saturated rings. The molecule has 45 heavy (non-hydrogen) atoms. The molecule has 0 radical (unpaired) electrons. The third-order valence-corrected chi connectivity index (χ3v) is 6.94. The molecule has 11 heteroatoms. The lowest BCUT2D eigenvalue weighted by Gasteiger charge is -2.36. The Kier molecular flexibility index (Phi) is 8.72. The summed E-state index contributed by atoms with van der Waals surface area (Å²) in [5.74, 6) is 0.222. The highest BCUT2D eigenvalue weighted by atomic mass is 16.6. The van der Waals surface area contributed by atoms with E-state index in [1.165, 1.54) is 6.20 Å². The van der Waals surface area contributed by atoms with Gasteiger partial charge in [-0.05, 0) is 90.1 Å². The fraction of sp³-hybridized carbons (Fsp3) is 0.353. The first kappa shape index (κ1) is 31.4. The highest BCUT2D eigenvalue weighted by molar-refractivity contribution is 6.08. The molecule has 2 aromatic carbocycles.